The van der Waals surface area contributed by atoms with E-state index >= 15 is 0 Å². The fourth-order valence-electron chi connectivity index (χ4n) is 8.55. The predicted octanol–water partition coefficient (Wildman–Crippen LogP) is -10.9. The van der Waals surface area contributed by atoms with E-state index in [0.29, 0.717) is 4.90 Å². The van der Waals surface area contributed by atoms with Gasteiger partial charge >= 0.3 is 41.8 Å². The zero-order valence-corrected chi connectivity index (χ0v) is 54.4. The minimum absolute atomic E-state index is 0.270. The molecule has 44 nitrogen and oxygen atoms in total. The molecule has 0 bridgehead atoms. The highest BCUT2D eigenvalue weighted by atomic mass is 16.4. The molecule has 0 aromatic carbocycles. The molecule has 1 rings (SSSR count). The first-order valence-corrected chi connectivity index (χ1v) is 30.3. The number of aromatic hydroxyl groups is 1. The Labute approximate surface area is 567 Å². The van der Waals surface area contributed by atoms with Crippen molar-refractivity contribution in [1.82, 2.24) is 63.4 Å². The predicted molar refractivity (Wildman–Crippen MR) is 331 cm³/mol. The molecule has 0 fully saturated rings. The average molecular weight is 1430 g/mol. The molecule has 11 atom stereocenters. The van der Waals surface area contributed by atoms with Gasteiger partial charge in [0, 0.05) is 30.5 Å². The number of nitrogens with two attached hydrogens (primary N) is 3. The van der Waals surface area contributed by atoms with Crippen LogP contribution in [0.1, 0.15) is 103 Å². The summed E-state index contributed by atoms with van der Waals surface area (Å²) in [4.78, 5) is 238. The lowest BCUT2D eigenvalue weighted by Gasteiger charge is -2.27. The van der Waals surface area contributed by atoms with Crippen LogP contribution in [0.2, 0.25) is 0 Å². The van der Waals surface area contributed by atoms with Gasteiger partial charge in [-0.3, -0.25) is 91.1 Å². The number of nitrogens with zero attached hydrogens (tertiary/aromatic N) is 2. The smallest absolute Gasteiger partial charge is 0.325 e. The van der Waals surface area contributed by atoms with Crippen LogP contribution in [0.3, 0.4) is 0 Å². The van der Waals surface area contributed by atoms with Gasteiger partial charge in [0.05, 0.1) is 57.1 Å². The molecular formula is C56H85N16O28+. The minimum Gasteiger partial charge on any atom is -0.502 e. The first kappa shape index (κ1) is 86.7. The highest BCUT2D eigenvalue weighted by molar-refractivity contribution is 5.98. The van der Waals surface area contributed by atoms with Gasteiger partial charge in [-0.25, -0.2) is 0 Å². The molecule has 0 aliphatic carbocycles. The first-order chi connectivity index (χ1) is 46.5. The van der Waals surface area contributed by atoms with Gasteiger partial charge in [0.25, 0.3) is 0 Å². The number of carboxylic acids is 7. The number of nitrogens with one attached hydrogen (secondary N) is 11. The number of aromatic nitrogens is 1. The van der Waals surface area contributed by atoms with E-state index in [1.54, 1.807) is 0 Å². The standard InChI is InChI=1S/C56H84N16O28/c1-24(47(89)62-16-36(75)60-18-38(77)64-26(3)55(97)98)66-49(91)30(57)8-7-28-20-71(21-29(73)6-5-13-72(23-44(87)88)54(96)34(10-12-41(81)82)69-51(93)32(59)15-43(85)86)22-35(74)45(28)46(70-52(94)33(9-11-40(79)80)68-50(92)31(58)14-42(83)84)53(95)67-25(2)48(90)63-17-37(76)61-19-39(78)65-27(4)56(99)100/h20,22,24-27,29-34,46,73H,5-19,21,23,57-59H2,1-4H3,(H18-,60,61,62,63,64,65,66,67,68,69,70,74,75,76,77,78,79,80,81,82,83,84,85,86,87,88,89,90,91,92,93,94,95,97,98,99,100)/p+1/t24-,25-,26-,27-,29?,30?,31-,32-,33-,34-,46?/m0/s1. The van der Waals surface area contributed by atoms with Gasteiger partial charge in [-0.15, -0.1) is 0 Å². The molecule has 0 saturated carbocycles. The summed E-state index contributed by atoms with van der Waals surface area (Å²) in [5.74, 6) is -24.9. The fourth-order valence-corrected chi connectivity index (χ4v) is 8.55. The second kappa shape index (κ2) is 43.1. The molecule has 1 heterocycles. The molecule has 100 heavy (non-hydrogen) atoms. The Morgan fingerprint density at radius 2 is 0.880 bits per heavy atom. The van der Waals surface area contributed by atoms with Crippen LogP contribution in [0.25, 0.3) is 0 Å². The number of pyridine rings is 1. The van der Waals surface area contributed by atoms with Crippen molar-refractivity contribution in [1.29, 1.82) is 0 Å². The van der Waals surface area contributed by atoms with Crippen molar-refractivity contribution in [3.63, 3.8) is 0 Å². The van der Waals surface area contributed by atoms with Crippen molar-refractivity contribution in [2.24, 2.45) is 17.2 Å². The summed E-state index contributed by atoms with van der Waals surface area (Å²) in [5.41, 5.74) is 16.7. The highest BCUT2D eigenvalue weighted by Crippen LogP contribution is 2.29. The molecule has 26 N–H and O–H groups in total. The monoisotopic (exact) mass is 1430 g/mol. The fraction of sp³-hybridized carbons (Fsp3) is 0.571. The van der Waals surface area contributed by atoms with Crippen LogP contribution in [-0.4, -0.2) is 263 Å². The SMILES string of the molecule is C[C@H](NC(=O)CNC(=O)CNC(=O)[C@H](C)NC(=O)C(N)CCc1c[n+](CC(O)CCCN(CC(=O)O)C(=O)[C@H](CCC(=O)O)NC(=O)[C@@H](N)CC(=O)O)cc(O)c1C(NC(=O)[C@H](CCC(=O)O)NC(=O)[C@@H](N)CC(=O)O)C(=O)N[C@@H](C)C(=O)NCC(=O)NCC(=O)N[C@@H](C)C(=O)O)C(=O)O. The summed E-state index contributed by atoms with van der Waals surface area (Å²) in [6.07, 6.45) is -6.28. The number of carboxylic acid groups (broad SMARTS) is 7. The van der Waals surface area contributed by atoms with Gasteiger partial charge in [-0.1, -0.05) is 0 Å². The van der Waals surface area contributed by atoms with E-state index in [-0.39, 0.29) is 18.4 Å². The van der Waals surface area contributed by atoms with Gasteiger partial charge in [-0.05, 0) is 66.2 Å². The third-order valence-corrected chi connectivity index (χ3v) is 13.9. The Balaban J connectivity index is 4.00. The normalized spacial score (nSPS) is 14.1. The van der Waals surface area contributed by atoms with E-state index in [1.807, 2.05) is 0 Å². The van der Waals surface area contributed by atoms with E-state index in [9.17, 15) is 122 Å². The molecule has 556 valence electrons. The van der Waals surface area contributed by atoms with E-state index in [2.05, 4.69) is 58.5 Å². The molecule has 44 heteroatoms. The summed E-state index contributed by atoms with van der Waals surface area (Å²) in [5, 5.41) is 112. The highest BCUT2D eigenvalue weighted by Gasteiger charge is 2.37. The van der Waals surface area contributed by atoms with Crippen molar-refractivity contribution in [2.45, 2.75) is 165 Å². The Morgan fingerprint density at radius 1 is 0.450 bits per heavy atom. The van der Waals surface area contributed by atoms with Crippen LogP contribution in [0.15, 0.2) is 12.4 Å². The molecule has 0 spiro atoms. The van der Waals surface area contributed by atoms with Crippen LogP contribution in [0.4, 0.5) is 0 Å². The van der Waals surface area contributed by atoms with Gasteiger partial charge in [-0.2, -0.15) is 4.57 Å². The average Bonchev–Trinajstić information content (AvgIpc) is 0.793. The Kier molecular flexibility index (Phi) is 37.4. The number of aliphatic hydroxyl groups excluding tert-OH is 1. The number of rotatable bonds is 47. The van der Waals surface area contributed by atoms with Crippen molar-refractivity contribution in [2.75, 3.05) is 39.3 Å². The summed E-state index contributed by atoms with van der Waals surface area (Å²) in [6.45, 7) is -0.712. The van der Waals surface area contributed by atoms with Gasteiger partial charge in [0.1, 0.15) is 54.9 Å². The topological polar surface area (TPSA) is 724 Å². The third-order valence-electron chi connectivity index (χ3n) is 13.9. The minimum atomic E-state index is -2.31. The molecule has 0 aliphatic heterocycles. The number of hydrogen-bond donors (Lipinski definition) is 23. The Bertz CT molecular complexity index is 3210. The van der Waals surface area contributed by atoms with Crippen molar-refractivity contribution in [3.8, 4) is 5.75 Å². The lowest BCUT2D eigenvalue weighted by molar-refractivity contribution is -0.704. The molecule has 1 aromatic rings. The largest absolute Gasteiger partial charge is 0.502 e. The van der Waals surface area contributed by atoms with Gasteiger partial charge in [0.2, 0.25) is 77.1 Å². The molecule has 0 radical (unpaired) electrons. The molecule has 3 unspecified atom stereocenters. The quantitative estimate of drug-likeness (QED) is 0.0270. The van der Waals surface area contributed by atoms with Crippen molar-refractivity contribution < 1.29 is 142 Å². The Hall–Kier alpha value is -11.3. The zero-order chi connectivity index (χ0) is 76.4. The second-order valence-electron chi connectivity index (χ2n) is 22.4. The number of hydrogen-bond acceptors (Lipinski definition) is 24. The molecule has 1 aromatic heterocycles. The second-order valence-corrected chi connectivity index (χ2v) is 22.4. The summed E-state index contributed by atoms with van der Waals surface area (Å²) < 4.78 is 1.07. The van der Waals surface area contributed by atoms with Crippen LogP contribution >= 0.6 is 0 Å². The summed E-state index contributed by atoms with van der Waals surface area (Å²) in [6, 6.07) is -17.1. The van der Waals surface area contributed by atoms with E-state index < -0.39 is 288 Å². The lowest BCUT2D eigenvalue weighted by atomic mass is 9.94. The third kappa shape index (κ3) is 33.6. The maximum Gasteiger partial charge on any atom is 0.325 e. The van der Waals surface area contributed by atoms with Crippen LogP contribution in [0.5, 0.6) is 5.75 Å². The number of amides is 12. The maximum atomic E-state index is 14.7. The zero-order valence-electron chi connectivity index (χ0n) is 54.4. The number of carbonyl (C=O) groups is 19. The molecular weight excluding hydrogens is 1340 g/mol. The van der Waals surface area contributed by atoms with Crippen LogP contribution < -0.4 is 80.3 Å². The summed E-state index contributed by atoms with van der Waals surface area (Å²) >= 11 is 0. The van der Waals surface area contributed by atoms with Crippen molar-refractivity contribution >= 4 is 113 Å². The van der Waals surface area contributed by atoms with E-state index in [4.69, 9.17) is 32.5 Å². The van der Waals surface area contributed by atoms with E-state index in [1.165, 1.54) is 0 Å². The van der Waals surface area contributed by atoms with Crippen molar-refractivity contribution in [3.05, 3.63) is 23.5 Å². The van der Waals surface area contributed by atoms with Crippen LogP contribution in [-0.2, 0) is 104 Å². The maximum absolute atomic E-state index is 14.7. The van der Waals surface area contributed by atoms with Gasteiger partial charge in [0.15, 0.2) is 18.5 Å². The molecule has 12 amide bonds. The number of aryl methyl sites for hydroxylation is 1. The number of carbonyl (C=O) groups excluding carboxylic acids is 12. The van der Waals surface area contributed by atoms with E-state index in [0.717, 1.165) is 44.7 Å². The number of aliphatic carboxylic acids is 7. The number of aliphatic hydroxyl groups is 1. The van der Waals surface area contributed by atoms with Crippen LogP contribution in [0, 0.1) is 0 Å². The molecule has 0 aliphatic rings. The summed E-state index contributed by atoms with van der Waals surface area (Å²) in [7, 11) is 0. The van der Waals surface area contributed by atoms with Gasteiger partial charge < -0.3 is 127 Å². The lowest BCUT2D eigenvalue weighted by Crippen LogP contribution is -2.55. The first-order valence-electron chi connectivity index (χ1n) is 30.3. The Morgan fingerprint density at radius 3 is 1.32 bits per heavy atom. The molecule has 0 saturated heterocycles.